The highest BCUT2D eigenvalue weighted by Crippen LogP contribution is 2.35. The van der Waals surface area contributed by atoms with E-state index in [0.29, 0.717) is 12.4 Å². The summed E-state index contributed by atoms with van der Waals surface area (Å²) >= 11 is 0. The van der Waals surface area contributed by atoms with E-state index in [4.69, 9.17) is 14.2 Å². The zero-order valence-corrected chi connectivity index (χ0v) is 12.0. The van der Waals surface area contributed by atoms with Crippen LogP contribution in [0.5, 0.6) is 11.5 Å². The molecule has 2 rings (SSSR count). The van der Waals surface area contributed by atoms with Gasteiger partial charge in [0.15, 0.2) is 0 Å². The van der Waals surface area contributed by atoms with E-state index < -0.39 is 0 Å². The lowest BCUT2D eigenvalue weighted by Crippen LogP contribution is -2.24. The smallest absolute Gasteiger partial charge is 0.332 e. The molecule has 0 bridgehead atoms. The number of carbonyl (C=O) groups excluding carboxylic acids is 1. The maximum Gasteiger partial charge on any atom is 0.332 e. The van der Waals surface area contributed by atoms with Crippen LogP contribution in [0.1, 0.15) is 18.1 Å². The van der Waals surface area contributed by atoms with Crippen LogP contribution >= 0.6 is 0 Å². The van der Waals surface area contributed by atoms with E-state index in [1.807, 2.05) is 12.1 Å². The van der Waals surface area contributed by atoms with Gasteiger partial charge in [-0.3, -0.25) is 0 Å². The molecule has 1 N–H and O–H groups in total. The monoisotopic (exact) mass is 277 g/mol. The Morgan fingerprint density at radius 1 is 1.35 bits per heavy atom. The number of fused-ring (bicyclic) bond motifs is 1. The largest absolute Gasteiger partial charge is 0.497 e. The fraction of sp³-hybridized carbons (Fsp3) is 0.400. The lowest BCUT2D eigenvalue weighted by atomic mass is 9.96. The van der Waals surface area contributed by atoms with Gasteiger partial charge in [-0.25, -0.2) is 4.79 Å². The Bertz CT molecular complexity index is 520. The first-order valence-corrected chi connectivity index (χ1v) is 6.57. The maximum absolute atomic E-state index is 11.6. The second kappa shape index (κ2) is 6.32. The fourth-order valence-electron chi connectivity index (χ4n) is 2.27. The van der Waals surface area contributed by atoms with Crippen LogP contribution in [0.3, 0.4) is 0 Å². The summed E-state index contributed by atoms with van der Waals surface area (Å²) in [6, 6.07) is 3.78. The van der Waals surface area contributed by atoms with Crippen LogP contribution < -0.4 is 14.8 Å². The molecular weight excluding hydrogens is 258 g/mol. The van der Waals surface area contributed by atoms with Gasteiger partial charge in [-0.15, -0.1) is 0 Å². The van der Waals surface area contributed by atoms with Crippen LogP contribution in [-0.4, -0.2) is 33.3 Å². The summed E-state index contributed by atoms with van der Waals surface area (Å²) < 4.78 is 15.6. The van der Waals surface area contributed by atoms with Gasteiger partial charge in [0.05, 0.1) is 26.5 Å². The minimum absolute atomic E-state index is 0.356. The van der Waals surface area contributed by atoms with E-state index in [0.717, 1.165) is 35.5 Å². The van der Waals surface area contributed by atoms with Crippen molar-refractivity contribution in [2.24, 2.45) is 0 Å². The van der Waals surface area contributed by atoms with Crippen molar-refractivity contribution < 1.29 is 19.0 Å². The summed E-state index contributed by atoms with van der Waals surface area (Å²) in [6.07, 6.45) is 2.32. The molecule has 0 amide bonds. The van der Waals surface area contributed by atoms with Crippen LogP contribution in [0.25, 0.3) is 5.70 Å². The van der Waals surface area contributed by atoms with Gasteiger partial charge >= 0.3 is 5.97 Å². The van der Waals surface area contributed by atoms with Crippen LogP contribution in [0.2, 0.25) is 0 Å². The minimum Gasteiger partial charge on any atom is -0.497 e. The van der Waals surface area contributed by atoms with Gasteiger partial charge in [0, 0.05) is 24.3 Å². The number of nitrogens with one attached hydrogen (secondary N) is 1. The molecule has 0 atom stereocenters. The van der Waals surface area contributed by atoms with Crippen molar-refractivity contribution in [2.45, 2.75) is 13.3 Å². The third kappa shape index (κ3) is 2.87. The zero-order valence-electron chi connectivity index (χ0n) is 12.0. The summed E-state index contributed by atoms with van der Waals surface area (Å²) in [5.41, 5.74) is 2.72. The highest BCUT2D eigenvalue weighted by molar-refractivity contribution is 5.92. The summed E-state index contributed by atoms with van der Waals surface area (Å²) in [6.45, 7) is 2.90. The molecule has 1 heterocycles. The van der Waals surface area contributed by atoms with E-state index in [1.54, 1.807) is 21.1 Å². The first kappa shape index (κ1) is 14.2. The van der Waals surface area contributed by atoms with E-state index >= 15 is 0 Å². The second-order valence-electron chi connectivity index (χ2n) is 4.35. The first-order valence-electron chi connectivity index (χ1n) is 6.57. The van der Waals surface area contributed by atoms with Gasteiger partial charge in [0.2, 0.25) is 0 Å². The van der Waals surface area contributed by atoms with Crippen molar-refractivity contribution in [3.05, 3.63) is 29.3 Å². The molecule has 1 aromatic rings. The second-order valence-corrected chi connectivity index (χ2v) is 4.35. The third-order valence-corrected chi connectivity index (χ3v) is 3.14. The third-order valence-electron chi connectivity index (χ3n) is 3.14. The number of hydrogen-bond acceptors (Lipinski definition) is 5. The Morgan fingerprint density at radius 2 is 2.15 bits per heavy atom. The molecule has 0 fully saturated rings. The molecule has 0 aliphatic carbocycles. The fourth-order valence-corrected chi connectivity index (χ4v) is 2.27. The van der Waals surface area contributed by atoms with E-state index in [1.165, 1.54) is 6.08 Å². The van der Waals surface area contributed by atoms with Gasteiger partial charge in [-0.1, -0.05) is 0 Å². The maximum atomic E-state index is 11.6. The van der Waals surface area contributed by atoms with Crippen molar-refractivity contribution in [1.82, 2.24) is 5.32 Å². The molecule has 5 nitrogen and oxygen atoms in total. The van der Waals surface area contributed by atoms with Gasteiger partial charge in [-0.05, 0) is 25.0 Å². The quantitative estimate of drug-likeness (QED) is 0.671. The molecule has 0 unspecified atom stereocenters. The lowest BCUT2D eigenvalue weighted by Gasteiger charge is -2.24. The van der Waals surface area contributed by atoms with Gasteiger partial charge in [-0.2, -0.15) is 0 Å². The van der Waals surface area contributed by atoms with Crippen LogP contribution in [0.4, 0.5) is 0 Å². The average Bonchev–Trinajstić information content (AvgIpc) is 2.46. The molecule has 1 aromatic carbocycles. The first-order chi connectivity index (χ1) is 9.69. The number of benzene rings is 1. The Balaban J connectivity index is 2.46. The van der Waals surface area contributed by atoms with Crippen molar-refractivity contribution in [3.63, 3.8) is 0 Å². The van der Waals surface area contributed by atoms with Crippen molar-refractivity contribution in [2.75, 3.05) is 27.4 Å². The van der Waals surface area contributed by atoms with Crippen molar-refractivity contribution in [3.8, 4) is 11.5 Å². The minimum atomic E-state index is -0.360. The molecule has 0 saturated heterocycles. The molecular formula is C15H19NO4. The van der Waals surface area contributed by atoms with Crippen LogP contribution in [0, 0.1) is 0 Å². The number of esters is 1. The number of hydrogen-bond donors (Lipinski definition) is 1. The molecule has 1 aliphatic heterocycles. The molecule has 0 saturated carbocycles. The molecule has 0 radical (unpaired) electrons. The lowest BCUT2D eigenvalue weighted by molar-refractivity contribution is -0.137. The number of rotatable bonds is 4. The Morgan fingerprint density at radius 3 is 2.80 bits per heavy atom. The molecule has 0 aromatic heterocycles. The Kier molecular flexibility index (Phi) is 4.50. The number of ether oxygens (including phenoxy) is 3. The Hall–Kier alpha value is -2.17. The topological polar surface area (TPSA) is 56.8 Å². The standard InChI is InChI=1S/C15H19NO4/c1-4-20-14(17)9-12-15-10(5-6-16-12)7-11(18-2)8-13(15)19-3/h7-9,16H,4-6H2,1-3H3/b12-9-. The average molecular weight is 277 g/mol. The number of methoxy groups -OCH3 is 2. The van der Waals surface area contributed by atoms with E-state index in [2.05, 4.69) is 5.32 Å². The normalized spacial score (nSPS) is 15.2. The molecule has 0 spiro atoms. The predicted molar refractivity (Wildman–Crippen MR) is 75.9 cm³/mol. The molecule has 108 valence electrons. The highest BCUT2D eigenvalue weighted by atomic mass is 16.5. The SMILES string of the molecule is CCOC(=O)/C=C1\NCCc2cc(OC)cc(OC)c21. The summed E-state index contributed by atoms with van der Waals surface area (Å²) in [5, 5.41) is 3.22. The summed E-state index contributed by atoms with van der Waals surface area (Å²) in [7, 11) is 3.23. The van der Waals surface area contributed by atoms with Crippen molar-refractivity contribution >= 4 is 11.7 Å². The zero-order chi connectivity index (χ0) is 14.5. The van der Waals surface area contributed by atoms with E-state index in [9.17, 15) is 4.79 Å². The summed E-state index contributed by atoms with van der Waals surface area (Å²) in [4.78, 5) is 11.6. The van der Waals surface area contributed by atoms with Crippen LogP contribution in [0.15, 0.2) is 18.2 Å². The number of carbonyl (C=O) groups is 1. The predicted octanol–water partition coefficient (Wildman–Crippen LogP) is 1.75. The molecule has 20 heavy (non-hydrogen) atoms. The van der Waals surface area contributed by atoms with Gasteiger partial charge in [0.1, 0.15) is 11.5 Å². The summed E-state index contributed by atoms with van der Waals surface area (Å²) in [5.74, 6) is 1.07. The molecule has 1 aliphatic rings. The van der Waals surface area contributed by atoms with E-state index in [-0.39, 0.29) is 5.97 Å². The van der Waals surface area contributed by atoms with Gasteiger partial charge in [0.25, 0.3) is 0 Å². The van der Waals surface area contributed by atoms with Crippen LogP contribution in [-0.2, 0) is 16.0 Å². The van der Waals surface area contributed by atoms with Crippen molar-refractivity contribution in [1.29, 1.82) is 0 Å². The van der Waals surface area contributed by atoms with Gasteiger partial charge < -0.3 is 19.5 Å². The highest BCUT2D eigenvalue weighted by Gasteiger charge is 2.21. The molecule has 5 heteroatoms. The Labute approximate surface area is 118 Å².